The number of rotatable bonds is 3. The van der Waals surface area contributed by atoms with Gasteiger partial charge in [-0.1, -0.05) is 22.0 Å². The van der Waals surface area contributed by atoms with Crippen LogP contribution in [0.4, 0.5) is 0 Å². The minimum atomic E-state index is -0.818. The van der Waals surface area contributed by atoms with Crippen LogP contribution >= 0.6 is 15.9 Å². The van der Waals surface area contributed by atoms with Crippen molar-refractivity contribution in [3.63, 3.8) is 0 Å². The summed E-state index contributed by atoms with van der Waals surface area (Å²) >= 11 is 3.53. The number of carbonyl (C=O) groups is 1. The Morgan fingerprint density at radius 2 is 2.19 bits per heavy atom. The van der Waals surface area contributed by atoms with Crippen molar-refractivity contribution < 1.29 is 14.3 Å². The van der Waals surface area contributed by atoms with Gasteiger partial charge < -0.3 is 14.3 Å². The average Bonchev–Trinajstić information content (AvgIpc) is 2.71. The van der Waals surface area contributed by atoms with Crippen molar-refractivity contribution in [1.29, 1.82) is 0 Å². The monoisotopic (exact) mass is 286 g/mol. The zero-order valence-corrected chi connectivity index (χ0v) is 10.7. The zero-order chi connectivity index (χ0) is 11.4. The fraction of sp³-hybridized carbons (Fsp3) is 0.583. The van der Waals surface area contributed by atoms with Gasteiger partial charge >= 0.3 is 0 Å². The zero-order valence-electron chi connectivity index (χ0n) is 9.08. The Hall–Kier alpha value is -0.450. The number of halogens is 1. The second kappa shape index (κ2) is 5.25. The first-order chi connectivity index (χ1) is 7.76. The quantitative estimate of drug-likeness (QED) is 0.749. The molecule has 16 heavy (non-hydrogen) atoms. The van der Waals surface area contributed by atoms with E-state index in [4.69, 9.17) is 9.47 Å². The molecule has 1 aliphatic heterocycles. The summed E-state index contributed by atoms with van der Waals surface area (Å²) in [5, 5.41) is 0. The van der Waals surface area contributed by atoms with E-state index in [0.717, 1.165) is 30.0 Å². The molecular weight excluding hydrogens is 272 g/mol. The number of allylic oxidation sites excluding steroid dienone is 3. The van der Waals surface area contributed by atoms with Crippen molar-refractivity contribution in [2.45, 2.75) is 31.5 Å². The Bertz CT molecular complexity index is 327. The third kappa shape index (κ3) is 2.62. The Kier molecular flexibility index (Phi) is 3.95. The molecule has 0 aromatic heterocycles. The first-order valence-corrected chi connectivity index (χ1v) is 6.34. The van der Waals surface area contributed by atoms with E-state index in [-0.39, 0.29) is 6.42 Å². The average molecular weight is 287 g/mol. The van der Waals surface area contributed by atoms with E-state index >= 15 is 0 Å². The topological polar surface area (TPSA) is 35.5 Å². The van der Waals surface area contributed by atoms with Crippen LogP contribution in [0.25, 0.3) is 0 Å². The van der Waals surface area contributed by atoms with Crippen LogP contribution in [0, 0.1) is 0 Å². The van der Waals surface area contributed by atoms with Gasteiger partial charge in [0.15, 0.2) is 5.79 Å². The number of hydrogen-bond donors (Lipinski definition) is 0. The van der Waals surface area contributed by atoms with Gasteiger partial charge in [0.25, 0.3) is 0 Å². The highest BCUT2D eigenvalue weighted by Gasteiger charge is 2.34. The van der Waals surface area contributed by atoms with Crippen LogP contribution in [0.3, 0.4) is 0 Å². The smallest absolute Gasteiger partial charge is 0.195 e. The molecule has 0 spiro atoms. The molecule has 4 heteroatoms. The molecule has 0 atom stereocenters. The Morgan fingerprint density at radius 3 is 2.81 bits per heavy atom. The summed E-state index contributed by atoms with van der Waals surface area (Å²) in [5.41, 5.74) is 1.18. The van der Waals surface area contributed by atoms with E-state index in [9.17, 15) is 4.79 Å². The summed E-state index contributed by atoms with van der Waals surface area (Å²) < 4.78 is 12.2. The highest BCUT2D eigenvalue weighted by atomic mass is 79.9. The standard InChI is InChI=1S/C12H15BrO3/c13-11-4-2-1-3-10(11)9-12(5-6-14)15-7-8-16-12/h4,6,9H,1-3,5,7-8H2/b10-9+. The summed E-state index contributed by atoms with van der Waals surface area (Å²) in [6.07, 6.45) is 8.45. The molecular formula is C12H15BrO3. The summed E-state index contributed by atoms with van der Waals surface area (Å²) in [6, 6.07) is 0. The van der Waals surface area contributed by atoms with Gasteiger partial charge in [-0.15, -0.1) is 0 Å². The lowest BCUT2D eigenvalue weighted by atomic mass is 9.98. The predicted molar refractivity (Wildman–Crippen MR) is 64.3 cm³/mol. The highest BCUT2D eigenvalue weighted by molar-refractivity contribution is 9.12. The lowest BCUT2D eigenvalue weighted by Crippen LogP contribution is -2.28. The number of hydrogen-bond acceptors (Lipinski definition) is 3. The van der Waals surface area contributed by atoms with E-state index in [0.29, 0.717) is 13.2 Å². The van der Waals surface area contributed by atoms with Gasteiger partial charge in [0.05, 0.1) is 19.6 Å². The molecule has 0 aromatic rings. The van der Waals surface area contributed by atoms with Gasteiger partial charge in [-0.05, 0) is 30.9 Å². The number of aldehydes is 1. The van der Waals surface area contributed by atoms with E-state index in [1.165, 1.54) is 5.57 Å². The molecule has 0 unspecified atom stereocenters. The minimum Gasteiger partial charge on any atom is -0.344 e. The Morgan fingerprint density at radius 1 is 1.44 bits per heavy atom. The van der Waals surface area contributed by atoms with Gasteiger partial charge in [0, 0.05) is 4.48 Å². The van der Waals surface area contributed by atoms with Crippen LogP contribution in [-0.4, -0.2) is 25.3 Å². The van der Waals surface area contributed by atoms with Crippen LogP contribution in [0.5, 0.6) is 0 Å². The summed E-state index contributed by atoms with van der Waals surface area (Å²) in [7, 11) is 0. The highest BCUT2D eigenvalue weighted by Crippen LogP contribution is 2.33. The number of ether oxygens (including phenoxy) is 2. The fourth-order valence-electron chi connectivity index (χ4n) is 2.03. The maximum absolute atomic E-state index is 10.7. The third-order valence-corrected chi connectivity index (χ3v) is 3.65. The Balaban J connectivity index is 2.21. The molecule has 1 aliphatic carbocycles. The van der Waals surface area contributed by atoms with E-state index in [1.807, 2.05) is 6.08 Å². The molecule has 2 rings (SSSR count). The molecule has 0 amide bonds. The van der Waals surface area contributed by atoms with Crippen molar-refractivity contribution in [3.05, 3.63) is 22.2 Å². The SMILES string of the molecule is O=CCC1(/C=C2\CCCC=C2Br)OCCO1. The summed E-state index contributed by atoms with van der Waals surface area (Å²) in [5.74, 6) is -0.818. The Labute approximate surface area is 104 Å². The molecule has 1 fully saturated rings. The summed E-state index contributed by atoms with van der Waals surface area (Å²) in [6.45, 7) is 1.11. The minimum absolute atomic E-state index is 0.261. The molecule has 3 nitrogen and oxygen atoms in total. The normalized spacial score (nSPS) is 26.8. The molecule has 88 valence electrons. The van der Waals surface area contributed by atoms with Gasteiger partial charge in [0.2, 0.25) is 0 Å². The van der Waals surface area contributed by atoms with E-state index < -0.39 is 5.79 Å². The van der Waals surface area contributed by atoms with Gasteiger partial charge in [-0.3, -0.25) is 0 Å². The van der Waals surface area contributed by atoms with E-state index in [1.54, 1.807) is 0 Å². The predicted octanol–water partition coefficient (Wildman–Crippen LogP) is 2.71. The van der Waals surface area contributed by atoms with Gasteiger partial charge in [0.1, 0.15) is 6.29 Å². The van der Waals surface area contributed by atoms with Crippen LogP contribution in [0.2, 0.25) is 0 Å². The molecule has 0 bridgehead atoms. The lowest BCUT2D eigenvalue weighted by molar-refractivity contribution is -0.136. The van der Waals surface area contributed by atoms with Crippen molar-refractivity contribution in [2.24, 2.45) is 0 Å². The fourth-order valence-corrected chi connectivity index (χ4v) is 2.57. The van der Waals surface area contributed by atoms with Crippen molar-refractivity contribution in [3.8, 4) is 0 Å². The van der Waals surface area contributed by atoms with E-state index in [2.05, 4.69) is 22.0 Å². The number of carbonyl (C=O) groups excluding carboxylic acids is 1. The molecule has 1 heterocycles. The molecule has 0 radical (unpaired) electrons. The molecule has 1 saturated heterocycles. The van der Waals surface area contributed by atoms with Crippen LogP contribution in [-0.2, 0) is 14.3 Å². The lowest BCUT2D eigenvalue weighted by Gasteiger charge is -2.24. The largest absolute Gasteiger partial charge is 0.344 e. The van der Waals surface area contributed by atoms with Gasteiger partial charge in [-0.2, -0.15) is 0 Å². The molecule has 0 N–H and O–H groups in total. The van der Waals surface area contributed by atoms with Crippen LogP contribution < -0.4 is 0 Å². The third-order valence-electron chi connectivity index (χ3n) is 2.82. The van der Waals surface area contributed by atoms with Crippen molar-refractivity contribution in [2.75, 3.05) is 13.2 Å². The molecule has 0 aromatic carbocycles. The first kappa shape index (κ1) is 12.0. The second-order valence-corrected chi connectivity index (χ2v) is 4.85. The first-order valence-electron chi connectivity index (χ1n) is 5.55. The second-order valence-electron chi connectivity index (χ2n) is 3.99. The van der Waals surface area contributed by atoms with Gasteiger partial charge in [-0.25, -0.2) is 0 Å². The molecule has 0 saturated carbocycles. The maximum atomic E-state index is 10.7. The maximum Gasteiger partial charge on any atom is 0.195 e. The summed E-state index contributed by atoms with van der Waals surface area (Å²) in [4.78, 5) is 10.7. The van der Waals surface area contributed by atoms with Crippen molar-refractivity contribution in [1.82, 2.24) is 0 Å². The van der Waals surface area contributed by atoms with Crippen LogP contribution in [0.15, 0.2) is 22.2 Å². The molecule has 2 aliphatic rings. The van der Waals surface area contributed by atoms with Crippen molar-refractivity contribution >= 4 is 22.2 Å². The van der Waals surface area contributed by atoms with Crippen LogP contribution in [0.1, 0.15) is 25.7 Å².